The molecular weight excluding hydrogens is 238 g/mol. The summed E-state index contributed by atoms with van der Waals surface area (Å²) in [5.41, 5.74) is 9.04. The van der Waals surface area contributed by atoms with Crippen LogP contribution in [0, 0.1) is 18.3 Å². The van der Waals surface area contributed by atoms with Gasteiger partial charge in [0, 0.05) is 18.3 Å². The van der Waals surface area contributed by atoms with Crippen LogP contribution in [-0.4, -0.2) is 4.98 Å². The molecule has 96 valence electrons. The first-order chi connectivity index (χ1) is 9.24. The summed E-state index contributed by atoms with van der Waals surface area (Å²) in [5, 5.41) is 8.80. The first-order valence-corrected chi connectivity index (χ1v) is 6.01. The molecule has 0 radical (unpaired) electrons. The topological polar surface area (TPSA) is 71.9 Å². The Bertz CT molecular complexity index is 617. The van der Waals surface area contributed by atoms with Crippen LogP contribution in [0.2, 0.25) is 0 Å². The summed E-state index contributed by atoms with van der Waals surface area (Å²) in [6.07, 6.45) is 1.61. The molecule has 4 heteroatoms. The Labute approximate surface area is 112 Å². The average Bonchev–Trinajstić information content (AvgIpc) is 2.46. The molecule has 4 nitrogen and oxygen atoms in total. The summed E-state index contributed by atoms with van der Waals surface area (Å²) in [7, 11) is 0. The lowest BCUT2D eigenvalue weighted by molar-refractivity contribution is 0.300. The van der Waals surface area contributed by atoms with Crippen molar-refractivity contribution in [3.8, 4) is 11.8 Å². The van der Waals surface area contributed by atoms with E-state index in [2.05, 4.69) is 4.98 Å². The second-order valence-electron chi connectivity index (χ2n) is 4.22. The molecule has 0 spiro atoms. The zero-order valence-electron chi connectivity index (χ0n) is 10.8. The largest absolute Gasteiger partial charge is 0.488 e. The Balaban J connectivity index is 2.17. The smallest absolute Gasteiger partial charge is 0.140 e. The number of nitrogens with two attached hydrogens (primary N) is 1. The van der Waals surface area contributed by atoms with Gasteiger partial charge in [-0.3, -0.25) is 0 Å². The molecule has 1 aromatic heterocycles. The molecule has 19 heavy (non-hydrogen) atoms. The Morgan fingerprint density at radius 3 is 2.95 bits per heavy atom. The fraction of sp³-hybridized carbons (Fsp3) is 0.200. The molecular formula is C15H15N3O. The van der Waals surface area contributed by atoms with Crippen molar-refractivity contribution in [2.45, 2.75) is 20.1 Å². The van der Waals surface area contributed by atoms with Crippen LogP contribution in [0.3, 0.4) is 0 Å². The molecule has 0 aliphatic heterocycles. The first kappa shape index (κ1) is 13.1. The molecule has 1 heterocycles. The van der Waals surface area contributed by atoms with Gasteiger partial charge in [0.1, 0.15) is 24.1 Å². The number of nitrogens with zero attached hydrogens (tertiary/aromatic N) is 2. The van der Waals surface area contributed by atoms with Crippen molar-refractivity contribution in [3.05, 3.63) is 58.9 Å². The Morgan fingerprint density at radius 2 is 2.21 bits per heavy atom. The van der Waals surface area contributed by atoms with Crippen molar-refractivity contribution in [1.82, 2.24) is 4.98 Å². The number of para-hydroxylation sites is 1. The number of hydrogen-bond acceptors (Lipinski definition) is 4. The highest BCUT2D eigenvalue weighted by Crippen LogP contribution is 2.24. The number of pyridine rings is 1. The van der Waals surface area contributed by atoms with E-state index in [0.717, 1.165) is 22.4 Å². The minimum atomic E-state index is 0.393. The number of rotatable bonds is 4. The third-order valence-electron chi connectivity index (χ3n) is 2.84. The van der Waals surface area contributed by atoms with E-state index in [1.807, 2.05) is 37.3 Å². The lowest BCUT2D eigenvalue weighted by atomic mass is 10.1. The van der Waals surface area contributed by atoms with Gasteiger partial charge in [-0.25, -0.2) is 4.98 Å². The lowest BCUT2D eigenvalue weighted by Gasteiger charge is -2.13. The molecule has 0 fully saturated rings. The van der Waals surface area contributed by atoms with Crippen LogP contribution < -0.4 is 10.5 Å². The third kappa shape index (κ3) is 3.09. The minimum absolute atomic E-state index is 0.393. The van der Waals surface area contributed by atoms with Crippen LogP contribution in [0.15, 0.2) is 36.5 Å². The monoisotopic (exact) mass is 253 g/mol. The van der Waals surface area contributed by atoms with Crippen molar-refractivity contribution >= 4 is 0 Å². The van der Waals surface area contributed by atoms with Gasteiger partial charge in [-0.1, -0.05) is 18.2 Å². The molecule has 0 saturated heterocycles. The number of benzene rings is 1. The molecule has 0 atom stereocenters. The Morgan fingerprint density at radius 1 is 1.37 bits per heavy atom. The van der Waals surface area contributed by atoms with Crippen LogP contribution in [0.25, 0.3) is 0 Å². The second-order valence-corrected chi connectivity index (χ2v) is 4.22. The SMILES string of the molecule is Cc1cccc(CN)c1OCc1ccnc(C#N)c1. The maximum absolute atomic E-state index is 8.80. The van der Waals surface area contributed by atoms with E-state index in [9.17, 15) is 0 Å². The third-order valence-corrected chi connectivity index (χ3v) is 2.84. The van der Waals surface area contributed by atoms with Gasteiger partial charge in [-0.05, 0) is 30.2 Å². The normalized spacial score (nSPS) is 9.95. The Kier molecular flexibility index (Phi) is 4.11. The maximum Gasteiger partial charge on any atom is 0.140 e. The predicted octanol–water partition coefficient (Wildman–Crippen LogP) is 2.30. The summed E-state index contributed by atoms with van der Waals surface area (Å²) in [6.45, 7) is 2.83. The molecule has 1 aromatic carbocycles. The molecule has 2 rings (SSSR count). The van der Waals surface area contributed by atoms with E-state index >= 15 is 0 Å². The number of nitriles is 1. The standard InChI is InChI=1S/C15H15N3O/c1-11-3-2-4-13(8-16)15(11)19-10-12-5-6-18-14(7-12)9-17/h2-7H,8,10,16H2,1H3. The van der Waals surface area contributed by atoms with E-state index in [-0.39, 0.29) is 0 Å². The summed E-state index contributed by atoms with van der Waals surface area (Å²) >= 11 is 0. The van der Waals surface area contributed by atoms with Gasteiger partial charge in [0.15, 0.2) is 0 Å². The lowest BCUT2D eigenvalue weighted by Crippen LogP contribution is -2.04. The van der Waals surface area contributed by atoms with Crippen LogP contribution in [0.4, 0.5) is 0 Å². The Hall–Kier alpha value is -2.38. The van der Waals surface area contributed by atoms with Crippen LogP contribution >= 0.6 is 0 Å². The van der Waals surface area contributed by atoms with Gasteiger partial charge in [0.2, 0.25) is 0 Å². The molecule has 0 aliphatic carbocycles. The highest BCUT2D eigenvalue weighted by molar-refractivity contribution is 5.40. The van der Waals surface area contributed by atoms with Gasteiger partial charge >= 0.3 is 0 Å². The van der Waals surface area contributed by atoms with Crippen molar-refractivity contribution in [2.24, 2.45) is 5.73 Å². The van der Waals surface area contributed by atoms with Gasteiger partial charge in [-0.15, -0.1) is 0 Å². The summed E-state index contributed by atoms with van der Waals surface area (Å²) in [6, 6.07) is 11.5. The molecule has 0 unspecified atom stereocenters. The average molecular weight is 253 g/mol. The van der Waals surface area contributed by atoms with E-state index in [0.29, 0.717) is 18.8 Å². The highest BCUT2D eigenvalue weighted by Gasteiger charge is 2.06. The predicted molar refractivity (Wildman–Crippen MR) is 72.4 cm³/mol. The van der Waals surface area contributed by atoms with Crippen molar-refractivity contribution in [1.29, 1.82) is 5.26 Å². The van der Waals surface area contributed by atoms with Gasteiger partial charge in [-0.2, -0.15) is 5.26 Å². The molecule has 0 bridgehead atoms. The van der Waals surface area contributed by atoms with E-state index in [1.165, 1.54) is 0 Å². The zero-order valence-corrected chi connectivity index (χ0v) is 10.8. The van der Waals surface area contributed by atoms with E-state index < -0.39 is 0 Å². The van der Waals surface area contributed by atoms with E-state index in [4.69, 9.17) is 15.7 Å². The fourth-order valence-corrected chi connectivity index (χ4v) is 1.86. The second kappa shape index (κ2) is 5.98. The number of ether oxygens (including phenoxy) is 1. The van der Waals surface area contributed by atoms with Gasteiger partial charge in [0.05, 0.1) is 0 Å². The highest BCUT2D eigenvalue weighted by atomic mass is 16.5. The molecule has 2 N–H and O–H groups in total. The number of aromatic nitrogens is 1. The number of aryl methyl sites for hydroxylation is 1. The summed E-state index contributed by atoms with van der Waals surface area (Å²) < 4.78 is 5.83. The maximum atomic E-state index is 8.80. The van der Waals surface area contributed by atoms with Crippen molar-refractivity contribution in [3.63, 3.8) is 0 Å². The zero-order chi connectivity index (χ0) is 13.7. The minimum Gasteiger partial charge on any atom is -0.488 e. The summed E-state index contributed by atoms with van der Waals surface area (Å²) in [5.74, 6) is 0.820. The van der Waals surface area contributed by atoms with Crippen molar-refractivity contribution < 1.29 is 4.74 Å². The molecule has 0 aliphatic rings. The molecule has 0 amide bonds. The summed E-state index contributed by atoms with van der Waals surface area (Å²) in [4.78, 5) is 3.93. The molecule has 0 saturated carbocycles. The number of hydrogen-bond donors (Lipinski definition) is 1. The molecule has 2 aromatic rings. The first-order valence-electron chi connectivity index (χ1n) is 6.01. The van der Waals surface area contributed by atoms with Crippen molar-refractivity contribution in [2.75, 3.05) is 0 Å². The quantitative estimate of drug-likeness (QED) is 0.907. The van der Waals surface area contributed by atoms with Crippen LogP contribution in [-0.2, 0) is 13.2 Å². The van der Waals surface area contributed by atoms with Gasteiger partial charge < -0.3 is 10.5 Å². The van der Waals surface area contributed by atoms with Crippen LogP contribution in [0.1, 0.15) is 22.4 Å². The van der Waals surface area contributed by atoms with Gasteiger partial charge in [0.25, 0.3) is 0 Å². The fourth-order valence-electron chi connectivity index (χ4n) is 1.86. The van der Waals surface area contributed by atoms with Crippen LogP contribution in [0.5, 0.6) is 5.75 Å². The van der Waals surface area contributed by atoms with E-state index in [1.54, 1.807) is 12.3 Å².